The molecule has 25 heavy (non-hydrogen) atoms. The summed E-state index contributed by atoms with van der Waals surface area (Å²) in [6, 6.07) is 8.31. The molecule has 2 saturated heterocycles. The van der Waals surface area contributed by atoms with Gasteiger partial charge in [-0.1, -0.05) is 12.1 Å². The van der Waals surface area contributed by atoms with Crippen LogP contribution in [-0.2, 0) is 11.3 Å². The molecule has 0 radical (unpaired) electrons. The maximum Gasteiger partial charge on any atom is 0.240 e. The van der Waals surface area contributed by atoms with Crippen molar-refractivity contribution in [3.05, 3.63) is 29.8 Å². The molecule has 3 aliphatic rings. The van der Waals surface area contributed by atoms with Gasteiger partial charge in [-0.15, -0.1) is 0 Å². The number of methoxy groups -OCH3 is 1. The molecule has 136 valence electrons. The molecule has 1 aliphatic carbocycles. The highest BCUT2D eigenvalue weighted by molar-refractivity contribution is 5.87. The molecule has 2 heterocycles. The van der Waals surface area contributed by atoms with Gasteiger partial charge < -0.3 is 10.1 Å². The summed E-state index contributed by atoms with van der Waals surface area (Å²) in [5.74, 6) is 2.00. The van der Waals surface area contributed by atoms with Crippen molar-refractivity contribution in [2.75, 3.05) is 39.8 Å². The minimum absolute atomic E-state index is 0.253. The lowest BCUT2D eigenvalue weighted by Crippen LogP contribution is -2.68. The number of piperazine rings is 1. The van der Waals surface area contributed by atoms with E-state index >= 15 is 0 Å². The van der Waals surface area contributed by atoms with Gasteiger partial charge in [0, 0.05) is 39.3 Å². The zero-order valence-electron chi connectivity index (χ0n) is 15.2. The van der Waals surface area contributed by atoms with E-state index in [2.05, 4.69) is 27.2 Å². The molecular formula is C20H29N3O2. The summed E-state index contributed by atoms with van der Waals surface area (Å²) < 4.78 is 5.23. The van der Waals surface area contributed by atoms with Crippen LogP contribution in [0.2, 0.25) is 0 Å². The van der Waals surface area contributed by atoms with E-state index in [-0.39, 0.29) is 11.4 Å². The van der Waals surface area contributed by atoms with Gasteiger partial charge in [0.2, 0.25) is 5.91 Å². The van der Waals surface area contributed by atoms with Gasteiger partial charge in [0.15, 0.2) is 0 Å². The molecule has 1 aromatic carbocycles. The molecule has 0 bridgehead atoms. The summed E-state index contributed by atoms with van der Waals surface area (Å²) in [5, 5.41) is 3.13. The van der Waals surface area contributed by atoms with Crippen molar-refractivity contribution < 1.29 is 9.53 Å². The van der Waals surface area contributed by atoms with E-state index in [0.717, 1.165) is 63.8 Å². The number of benzene rings is 1. The maximum atomic E-state index is 12.7. The van der Waals surface area contributed by atoms with Gasteiger partial charge in [0.25, 0.3) is 0 Å². The Kier molecular flexibility index (Phi) is 4.69. The van der Waals surface area contributed by atoms with Crippen LogP contribution in [0.15, 0.2) is 24.3 Å². The second kappa shape index (κ2) is 6.96. The third kappa shape index (κ3) is 3.53. The molecule has 2 aliphatic heterocycles. The number of carbonyl (C=O) groups excluding carboxylic acids is 1. The molecule has 4 rings (SSSR count). The van der Waals surface area contributed by atoms with Crippen molar-refractivity contribution in [2.45, 2.75) is 37.8 Å². The Hall–Kier alpha value is -1.59. The summed E-state index contributed by atoms with van der Waals surface area (Å²) in [7, 11) is 1.70. The zero-order valence-corrected chi connectivity index (χ0v) is 15.2. The Labute approximate surface area is 150 Å². The fourth-order valence-corrected chi connectivity index (χ4v) is 4.32. The van der Waals surface area contributed by atoms with Crippen molar-refractivity contribution in [1.29, 1.82) is 0 Å². The number of carbonyl (C=O) groups is 1. The Bertz CT molecular complexity index is 604. The second-order valence-electron chi connectivity index (χ2n) is 7.80. The van der Waals surface area contributed by atoms with Crippen LogP contribution in [0.1, 0.15) is 31.2 Å². The first-order chi connectivity index (χ1) is 12.2. The predicted octanol–water partition coefficient (Wildman–Crippen LogP) is 1.87. The van der Waals surface area contributed by atoms with Crippen molar-refractivity contribution in [3.8, 4) is 5.75 Å². The highest BCUT2D eigenvalue weighted by atomic mass is 16.5. The Balaban J connectivity index is 1.39. The molecule has 0 aromatic heterocycles. The summed E-state index contributed by atoms with van der Waals surface area (Å²) >= 11 is 0. The zero-order chi connectivity index (χ0) is 17.3. The van der Waals surface area contributed by atoms with Crippen LogP contribution in [0.3, 0.4) is 0 Å². The highest BCUT2D eigenvalue weighted by Gasteiger charge is 2.48. The highest BCUT2D eigenvalue weighted by Crippen LogP contribution is 2.37. The standard InChI is InChI=1S/C20H29N3O2/c1-25-18-6-4-16(5-7-18)14-22-11-8-20(9-12-22)19(24)21-10-13-23(20)15-17-2-3-17/h4-7,17H,2-3,8-15H2,1H3,(H,21,24). The molecule has 1 aromatic rings. The van der Waals surface area contributed by atoms with Gasteiger partial charge in [-0.2, -0.15) is 0 Å². The number of piperidine rings is 1. The van der Waals surface area contributed by atoms with E-state index < -0.39 is 0 Å². The van der Waals surface area contributed by atoms with E-state index in [1.54, 1.807) is 7.11 Å². The predicted molar refractivity (Wildman–Crippen MR) is 97.5 cm³/mol. The SMILES string of the molecule is COc1ccc(CN2CCC3(CC2)C(=O)NCCN3CC2CC2)cc1. The minimum Gasteiger partial charge on any atom is -0.497 e. The lowest BCUT2D eigenvalue weighted by Gasteiger charge is -2.50. The topological polar surface area (TPSA) is 44.8 Å². The van der Waals surface area contributed by atoms with E-state index in [1.165, 1.54) is 18.4 Å². The molecule has 0 unspecified atom stereocenters. The number of ether oxygens (including phenoxy) is 1. The Morgan fingerprint density at radius 2 is 1.88 bits per heavy atom. The van der Waals surface area contributed by atoms with Gasteiger partial charge >= 0.3 is 0 Å². The van der Waals surface area contributed by atoms with E-state index in [0.29, 0.717) is 0 Å². The number of likely N-dealkylation sites (tertiary alicyclic amines) is 1. The van der Waals surface area contributed by atoms with E-state index in [1.807, 2.05) is 12.1 Å². The average Bonchev–Trinajstić information content (AvgIpc) is 3.46. The summed E-state index contributed by atoms with van der Waals surface area (Å²) in [4.78, 5) is 17.7. The molecule has 1 amide bonds. The van der Waals surface area contributed by atoms with Gasteiger partial charge in [0.1, 0.15) is 11.3 Å². The number of hydrogen-bond acceptors (Lipinski definition) is 4. The normalized spacial score (nSPS) is 24.3. The molecule has 5 nitrogen and oxygen atoms in total. The lowest BCUT2D eigenvalue weighted by atomic mass is 9.82. The van der Waals surface area contributed by atoms with Crippen molar-refractivity contribution in [3.63, 3.8) is 0 Å². The number of hydrogen-bond donors (Lipinski definition) is 1. The first-order valence-electron chi connectivity index (χ1n) is 9.58. The maximum absolute atomic E-state index is 12.7. The monoisotopic (exact) mass is 343 g/mol. The molecule has 1 saturated carbocycles. The third-order valence-corrected chi connectivity index (χ3v) is 6.12. The first kappa shape index (κ1) is 16.9. The quantitative estimate of drug-likeness (QED) is 0.887. The third-order valence-electron chi connectivity index (χ3n) is 6.12. The summed E-state index contributed by atoms with van der Waals surface area (Å²) in [6.45, 7) is 5.86. The molecular weight excluding hydrogens is 314 g/mol. The van der Waals surface area contributed by atoms with Crippen LogP contribution in [-0.4, -0.2) is 61.1 Å². The first-order valence-corrected chi connectivity index (χ1v) is 9.58. The minimum atomic E-state index is -0.253. The van der Waals surface area contributed by atoms with E-state index in [9.17, 15) is 4.79 Å². The fourth-order valence-electron chi connectivity index (χ4n) is 4.32. The number of nitrogens with zero attached hydrogens (tertiary/aromatic N) is 2. The van der Waals surface area contributed by atoms with Crippen LogP contribution in [0, 0.1) is 5.92 Å². The van der Waals surface area contributed by atoms with Crippen LogP contribution in [0.25, 0.3) is 0 Å². The van der Waals surface area contributed by atoms with Gasteiger partial charge in [-0.05, 0) is 49.3 Å². The van der Waals surface area contributed by atoms with Crippen LogP contribution in [0.4, 0.5) is 0 Å². The Morgan fingerprint density at radius 1 is 1.16 bits per heavy atom. The second-order valence-corrected chi connectivity index (χ2v) is 7.80. The van der Waals surface area contributed by atoms with Crippen LogP contribution >= 0.6 is 0 Å². The molecule has 0 atom stereocenters. The van der Waals surface area contributed by atoms with Crippen molar-refractivity contribution >= 4 is 5.91 Å². The van der Waals surface area contributed by atoms with Crippen LogP contribution < -0.4 is 10.1 Å². The van der Waals surface area contributed by atoms with Gasteiger partial charge in [0.05, 0.1) is 7.11 Å². The number of rotatable bonds is 5. The molecule has 5 heteroatoms. The van der Waals surface area contributed by atoms with Crippen LogP contribution in [0.5, 0.6) is 5.75 Å². The smallest absolute Gasteiger partial charge is 0.240 e. The number of nitrogens with one attached hydrogen (secondary N) is 1. The summed E-state index contributed by atoms with van der Waals surface area (Å²) in [6.07, 6.45) is 4.58. The molecule has 1 N–H and O–H groups in total. The van der Waals surface area contributed by atoms with Crippen molar-refractivity contribution in [1.82, 2.24) is 15.1 Å². The largest absolute Gasteiger partial charge is 0.497 e. The molecule has 3 fully saturated rings. The lowest BCUT2D eigenvalue weighted by molar-refractivity contribution is -0.141. The summed E-state index contributed by atoms with van der Waals surface area (Å²) in [5.41, 5.74) is 1.05. The van der Waals surface area contributed by atoms with Gasteiger partial charge in [-0.25, -0.2) is 0 Å². The number of amides is 1. The van der Waals surface area contributed by atoms with Crippen molar-refractivity contribution in [2.24, 2.45) is 5.92 Å². The van der Waals surface area contributed by atoms with E-state index in [4.69, 9.17) is 4.74 Å². The molecule has 1 spiro atoms. The average molecular weight is 343 g/mol. The Morgan fingerprint density at radius 3 is 2.52 bits per heavy atom. The fraction of sp³-hybridized carbons (Fsp3) is 0.650. The van der Waals surface area contributed by atoms with Gasteiger partial charge in [-0.3, -0.25) is 14.6 Å².